The zero-order chi connectivity index (χ0) is 10.7. The summed E-state index contributed by atoms with van der Waals surface area (Å²) in [5.41, 5.74) is 0. The van der Waals surface area contributed by atoms with E-state index >= 15 is 0 Å². The molecule has 2 unspecified atom stereocenters. The highest BCUT2D eigenvalue weighted by molar-refractivity contribution is 6.30. The minimum Gasteiger partial charge on any atom is -0.480 e. The second-order valence-corrected chi connectivity index (χ2v) is 3.42. The maximum absolute atomic E-state index is 10.8. The number of aliphatic carboxylic acids is 1. The molecule has 0 aliphatic rings. The van der Waals surface area contributed by atoms with Crippen molar-refractivity contribution >= 4 is 17.6 Å². The van der Waals surface area contributed by atoms with Crippen LogP contribution in [0.5, 0.6) is 0 Å². The molecule has 1 heterocycles. The van der Waals surface area contributed by atoms with Crippen LogP contribution < -0.4 is 5.32 Å². The van der Waals surface area contributed by atoms with E-state index in [1.165, 1.54) is 10.9 Å². The lowest BCUT2D eigenvalue weighted by atomic mass is 10.1. The lowest BCUT2D eigenvalue weighted by molar-refractivity contribution is -0.140. The fraction of sp³-hybridized carbons (Fsp3) is 0.500. The van der Waals surface area contributed by atoms with Crippen molar-refractivity contribution in [1.29, 1.82) is 0 Å². The van der Waals surface area contributed by atoms with Crippen molar-refractivity contribution in [1.82, 2.24) is 15.1 Å². The summed E-state index contributed by atoms with van der Waals surface area (Å²) in [4.78, 5) is 10.8. The zero-order valence-electron chi connectivity index (χ0n) is 7.94. The van der Waals surface area contributed by atoms with Gasteiger partial charge >= 0.3 is 5.97 Å². The second-order valence-electron chi connectivity index (χ2n) is 2.98. The molecule has 0 saturated carbocycles. The Hall–Kier alpha value is -1.07. The highest BCUT2D eigenvalue weighted by Gasteiger charge is 2.24. The molecule has 0 aromatic carbocycles. The Bertz CT molecular complexity index is 326. The summed E-state index contributed by atoms with van der Waals surface area (Å²) in [6.07, 6.45) is 3.08. The van der Waals surface area contributed by atoms with Crippen molar-refractivity contribution < 1.29 is 9.90 Å². The SMILES string of the molecule is CNC(C(=O)O)C(C)n1cc(Cl)cn1. The van der Waals surface area contributed by atoms with E-state index in [0.29, 0.717) is 5.02 Å². The Labute approximate surface area is 86.7 Å². The number of rotatable bonds is 4. The van der Waals surface area contributed by atoms with Crippen molar-refractivity contribution in [3.8, 4) is 0 Å². The Kier molecular flexibility index (Phi) is 3.49. The molecule has 1 aromatic rings. The number of carboxylic acids is 1. The van der Waals surface area contributed by atoms with Gasteiger partial charge in [0.1, 0.15) is 6.04 Å². The molecule has 0 radical (unpaired) electrons. The van der Waals surface area contributed by atoms with Crippen molar-refractivity contribution in [3.05, 3.63) is 17.4 Å². The zero-order valence-corrected chi connectivity index (χ0v) is 8.69. The molecule has 5 nitrogen and oxygen atoms in total. The first-order valence-electron chi connectivity index (χ1n) is 4.16. The van der Waals surface area contributed by atoms with Crippen LogP contribution in [0, 0.1) is 0 Å². The Morgan fingerprint density at radius 2 is 2.43 bits per heavy atom. The lowest BCUT2D eigenvalue weighted by Gasteiger charge is -2.19. The monoisotopic (exact) mass is 217 g/mol. The predicted octanol–water partition coefficient (Wildman–Crippen LogP) is 0.770. The topological polar surface area (TPSA) is 67.2 Å². The van der Waals surface area contributed by atoms with E-state index < -0.39 is 12.0 Å². The van der Waals surface area contributed by atoms with Crippen molar-refractivity contribution in [2.75, 3.05) is 7.05 Å². The summed E-state index contributed by atoms with van der Waals surface area (Å²) in [6.45, 7) is 1.76. The molecule has 6 heteroatoms. The molecule has 1 aromatic heterocycles. The summed E-state index contributed by atoms with van der Waals surface area (Å²) in [7, 11) is 1.60. The Morgan fingerprint density at radius 3 is 2.79 bits per heavy atom. The van der Waals surface area contributed by atoms with E-state index in [4.69, 9.17) is 16.7 Å². The summed E-state index contributed by atoms with van der Waals surface area (Å²) < 4.78 is 1.53. The summed E-state index contributed by atoms with van der Waals surface area (Å²) in [5, 5.41) is 16.0. The van der Waals surface area contributed by atoms with Crippen LogP contribution in [0.4, 0.5) is 0 Å². The first kappa shape index (κ1) is 11.0. The van der Waals surface area contributed by atoms with E-state index in [-0.39, 0.29) is 6.04 Å². The number of carboxylic acid groups (broad SMARTS) is 1. The number of carbonyl (C=O) groups is 1. The van der Waals surface area contributed by atoms with Gasteiger partial charge in [0.05, 0.1) is 17.3 Å². The minimum atomic E-state index is -0.911. The largest absolute Gasteiger partial charge is 0.480 e. The molecule has 0 fully saturated rings. The third kappa shape index (κ3) is 2.24. The fourth-order valence-corrected chi connectivity index (χ4v) is 1.40. The van der Waals surface area contributed by atoms with Gasteiger partial charge < -0.3 is 10.4 Å². The molecule has 0 bridgehead atoms. The molecule has 1 rings (SSSR count). The number of hydrogen-bond donors (Lipinski definition) is 2. The van der Waals surface area contributed by atoms with E-state index in [0.717, 1.165) is 0 Å². The van der Waals surface area contributed by atoms with Crippen LogP contribution in [0.3, 0.4) is 0 Å². The highest BCUT2D eigenvalue weighted by atomic mass is 35.5. The first-order chi connectivity index (χ1) is 6.56. The van der Waals surface area contributed by atoms with Crippen molar-refractivity contribution in [2.24, 2.45) is 0 Å². The van der Waals surface area contributed by atoms with E-state index in [1.54, 1.807) is 20.2 Å². The van der Waals surface area contributed by atoms with Gasteiger partial charge in [-0.3, -0.25) is 9.48 Å². The van der Waals surface area contributed by atoms with Crippen LogP contribution in [0.25, 0.3) is 0 Å². The number of aromatic nitrogens is 2. The molecule has 0 aliphatic heterocycles. The smallest absolute Gasteiger partial charge is 0.322 e. The van der Waals surface area contributed by atoms with Gasteiger partial charge in [-0.25, -0.2) is 0 Å². The molecular weight excluding hydrogens is 206 g/mol. The molecule has 2 atom stereocenters. The summed E-state index contributed by atoms with van der Waals surface area (Å²) >= 11 is 5.68. The van der Waals surface area contributed by atoms with Gasteiger partial charge in [-0.05, 0) is 14.0 Å². The van der Waals surface area contributed by atoms with Crippen molar-refractivity contribution in [2.45, 2.75) is 19.0 Å². The van der Waals surface area contributed by atoms with Gasteiger partial charge in [-0.2, -0.15) is 5.10 Å². The van der Waals surface area contributed by atoms with Gasteiger partial charge in [-0.1, -0.05) is 11.6 Å². The fourth-order valence-electron chi connectivity index (χ4n) is 1.26. The van der Waals surface area contributed by atoms with E-state index in [9.17, 15) is 4.79 Å². The second kappa shape index (κ2) is 4.43. The third-order valence-electron chi connectivity index (χ3n) is 2.05. The molecule has 14 heavy (non-hydrogen) atoms. The third-order valence-corrected chi connectivity index (χ3v) is 2.24. The standard InChI is InChI=1S/C8H12ClN3O2/c1-5(7(10-2)8(13)14)12-4-6(9)3-11-12/h3-5,7,10H,1-2H3,(H,13,14). The molecular formula is C8H12ClN3O2. The maximum Gasteiger partial charge on any atom is 0.322 e. The number of hydrogen-bond acceptors (Lipinski definition) is 3. The maximum atomic E-state index is 10.8. The van der Waals surface area contributed by atoms with Crippen LogP contribution in [0.15, 0.2) is 12.4 Å². The normalized spacial score (nSPS) is 15.1. The Balaban J connectivity index is 2.82. The highest BCUT2D eigenvalue weighted by Crippen LogP contribution is 2.13. The van der Waals surface area contributed by atoms with Gasteiger partial charge in [0.2, 0.25) is 0 Å². The lowest BCUT2D eigenvalue weighted by Crippen LogP contribution is -2.40. The average molecular weight is 218 g/mol. The van der Waals surface area contributed by atoms with Gasteiger partial charge in [-0.15, -0.1) is 0 Å². The minimum absolute atomic E-state index is 0.287. The number of nitrogens with zero attached hydrogens (tertiary/aromatic N) is 2. The van der Waals surface area contributed by atoms with Crippen LogP contribution in [-0.4, -0.2) is 33.9 Å². The summed E-state index contributed by atoms with van der Waals surface area (Å²) in [6, 6.07) is -0.962. The number of nitrogens with one attached hydrogen (secondary N) is 1. The molecule has 0 amide bonds. The van der Waals surface area contributed by atoms with Crippen LogP contribution in [0.1, 0.15) is 13.0 Å². The number of likely N-dealkylation sites (N-methyl/N-ethyl adjacent to an activating group) is 1. The summed E-state index contributed by atoms with van der Waals surface area (Å²) in [5.74, 6) is -0.911. The van der Waals surface area contributed by atoms with E-state index in [1.807, 2.05) is 0 Å². The molecule has 78 valence electrons. The van der Waals surface area contributed by atoms with Crippen LogP contribution >= 0.6 is 11.6 Å². The van der Waals surface area contributed by atoms with Gasteiger partial charge in [0.25, 0.3) is 0 Å². The van der Waals surface area contributed by atoms with Crippen LogP contribution in [-0.2, 0) is 4.79 Å². The molecule has 2 N–H and O–H groups in total. The van der Waals surface area contributed by atoms with Gasteiger partial charge in [0.15, 0.2) is 0 Å². The molecule has 0 aliphatic carbocycles. The molecule has 0 saturated heterocycles. The predicted molar refractivity (Wildman–Crippen MR) is 52.4 cm³/mol. The van der Waals surface area contributed by atoms with Crippen molar-refractivity contribution in [3.63, 3.8) is 0 Å². The number of halogens is 1. The quantitative estimate of drug-likeness (QED) is 0.782. The Morgan fingerprint density at radius 1 is 1.79 bits per heavy atom. The van der Waals surface area contributed by atoms with Crippen LogP contribution in [0.2, 0.25) is 5.02 Å². The average Bonchev–Trinajstić information content (AvgIpc) is 2.52. The van der Waals surface area contributed by atoms with Gasteiger partial charge in [0, 0.05) is 6.20 Å². The van der Waals surface area contributed by atoms with E-state index in [2.05, 4.69) is 10.4 Å². The first-order valence-corrected chi connectivity index (χ1v) is 4.53. The molecule has 0 spiro atoms.